The molecule has 2 aliphatic rings. The first-order valence-electron chi connectivity index (χ1n) is 7.61. The Balaban J connectivity index is 1.73. The third-order valence-electron chi connectivity index (χ3n) is 4.27. The van der Waals surface area contributed by atoms with Crippen molar-refractivity contribution in [2.75, 3.05) is 52.5 Å². The minimum atomic E-state index is 0.665. The molecule has 4 nitrogen and oxygen atoms in total. The van der Waals surface area contributed by atoms with E-state index in [1.54, 1.807) is 0 Å². The van der Waals surface area contributed by atoms with E-state index in [2.05, 4.69) is 29.0 Å². The normalized spacial score (nSPS) is 28.7. The monoisotopic (exact) mass is 255 g/mol. The summed E-state index contributed by atoms with van der Waals surface area (Å²) in [7, 11) is 0. The van der Waals surface area contributed by atoms with Gasteiger partial charge in [0.2, 0.25) is 0 Å². The Kier molecular flexibility index (Phi) is 5.89. The number of hydrogen-bond acceptors (Lipinski definition) is 4. The Morgan fingerprint density at radius 3 is 2.67 bits per heavy atom. The van der Waals surface area contributed by atoms with Gasteiger partial charge in [0.15, 0.2) is 0 Å². The molecule has 0 aromatic heterocycles. The van der Waals surface area contributed by atoms with Gasteiger partial charge in [-0.2, -0.15) is 0 Å². The smallest absolute Gasteiger partial charge is 0.0594 e. The topological polar surface area (TPSA) is 27.7 Å². The Morgan fingerprint density at radius 1 is 1.22 bits per heavy atom. The molecule has 0 bridgehead atoms. The molecule has 0 aromatic carbocycles. The van der Waals surface area contributed by atoms with Crippen molar-refractivity contribution in [2.24, 2.45) is 0 Å². The van der Waals surface area contributed by atoms with E-state index in [1.807, 2.05) is 0 Å². The molecule has 0 aromatic rings. The molecule has 1 N–H and O–H groups in total. The van der Waals surface area contributed by atoms with Gasteiger partial charge >= 0.3 is 0 Å². The lowest BCUT2D eigenvalue weighted by Gasteiger charge is -2.32. The lowest BCUT2D eigenvalue weighted by Crippen LogP contribution is -2.46. The summed E-state index contributed by atoms with van der Waals surface area (Å²) in [4.78, 5) is 5.26. The van der Waals surface area contributed by atoms with Gasteiger partial charge in [-0.3, -0.25) is 4.90 Å². The van der Waals surface area contributed by atoms with E-state index in [4.69, 9.17) is 4.74 Å². The second kappa shape index (κ2) is 7.43. The van der Waals surface area contributed by atoms with Crippen LogP contribution in [-0.4, -0.2) is 74.4 Å². The summed E-state index contributed by atoms with van der Waals surface area (Å²) in [6, 6.07) is 1.44. The maximum absolute atomic E-state index is 5.43. The van der Waals surface area contributed by atoms with Crippen LogP contribution in [0.5, 0.6) is 0 Å². The Morgan fingerprint density at radius 2 is 2.00 bits per heavy atom. The maximum Gasteiger partial charge on any atom is 0.0594 e. The van der Waals surface area contributed by atoms with Crippen LogP contribution < -0.4 is 5.32 Å². The molecule has 2 rings (SSSR count). The molecule has 2 unspecified atom stereocenters. The van der Waals surface area contributed by atoms with E-state index in [-0.39, 0.29) is 0 Å². The van der Waals surface area contributed by atoms with Gasteiger partial charge in [0.05, 0.1) is 13.2 Å². The lowest BCUT2D eigenvalue weighted by atomic mass is 10.2. The number of rotatable bonds is 6. The predicted molar refractivity (Wildman–Crippen MR) is 75.0 cm³/mol. The second-order valence-corrected chi connectivity index (χ2v) is 5.51. The molecular formula is C14H29N3O. The number of morpholine rings is 1. The number of hydrogen-bond donors (Lipinski definition) is 1. The summed E-state index contributed by atoms with van der Waals surface area (Å²) >= 11 is 0. The van der Waals surface area contributed by atoms with Crippen molar-refractivity contribution in [3.63, 3.8) is 0 Å². The lowest BCUT2D eigenvalue weighted by molar-refractivity contribution is 0.0183. The molecule has 106 valence electrons. The number of ether oxygens (including phenoxy) is 1. The quantitative estimate of drug-likeness (QED) is 0.759. The SMILES string of the molecule is CCNC(CC)CN1CCC(N2CCOCC2)C1. The molecule has 0 amide bonds. The Bertz CT molecular complexity index is 231. The molecule has 4 heteroatoms. The summed E-state index contributed by atoms with van der Waals surface area (Å²) in [6.45, 7) is 13.4. The van der Waals surface area contributed by atoms with E-state index in [1.165, 1.54) is 32.5 Å². The standard InChI is InChI=1S/C14H29N3O/c1-3-13(15-4-2)11-16-6-5-14(12-16)17-7-9-18-10-8-17/h13-15H,3-12H2,1-2H3. The zero-order chi connectivity index (χ0) is 12.8. The first-order chi connectivity index (χ1) is 8.83. The van der Waals surface area contributed by atoms with Crippen LogP contribution in [0, 0.1) is 0 Å². The van der Waals surface area contributed by atoms with E-state index in [0.29, 0.717) is 6.04 Å². The van der Waals surface area contributed by atoms with Crippen LogP contribution in [-0.2, 0) is 4.74 Å². The van der Waals surface area contributed by atoms with Gasteiger partial charge in [-0.1, -0.05) is 13.8 Å². The summed E-state index contributed by atoms with van der Waals surface area (Å²) in [5.74, 6) is 0. The van der Waals surface area contributed by atoms with Crippen molar-refractivity contribution >= 4 is 0 Å². The molecule has 0 saturated carbocycles. The minimum Gasteiger partial charge on any atom is -0.379 e. The zero-order valence-corrected chi connectivity index (χ0v) is 12.0. The van der Waals surface area contributed by atoms with Crippen LogP contribution in [0.4, 0.5) is 0 Å². The third kappa shape index (κ3) is 3.92. The van der Waals surface area contributed by atoms with Crippen LogP contribution >= 0.6 is 0 Å². The van der Waals surface area contributed by atoms with E-state index < -0.39 is 0 Å². The summed E-state index contributed by atoms with van der Waals surface area (Å²) in [5, 5.41) is 3.58. The van der Waals surface area contributed by atoms with Gasteiger partial charge in [-0.15, -0.1) is 0 Å². The van der Waals surface area contributed by atoms with Crippen molar-refractivity contribution in [3.8, 4) is 0 Å². The molecule has 2 heterocycles. The van der Waals surface area contributed by atoms with Crippen molar-refractivity contribution in [3.05, 3.63) is 0 Å². The summed E-state index contributed by atoms with van der Waals surface area (Å²) in [6.07, 6.45) is 2.56. The van der Waals surface area contributed by atoms with Crippen molar-refractivity contribution in [2.45, 2.75) is 38.8 Å². The van der Waals surface area contributed by atoms with Gasteiger partial charge in [0.1, 0.15) is 0 Å². The van der Waals surface area contributed by atoms with Crippen molar-refractivity contribution < 1.29 is 4.74 Å². The van der Waals surface area contributed by atoms with Crippen LogP contribution in [0.2, 0.25) is 0 Å². The van der Waals surface area contributed by atoms with E-state index in [0.717, 1.165) is 38.9 Å². The molecule has 2 aliphatic heterocycles. The average Bonchev–Trinajstić information content (AvgIpc) is 2.88. The van der Waals surface area contributed by atoms with Crippen molar-refractivity contribution in [1.82, 2.24) is 15.1 Å². The minimum absolute atomic E-state index is 0.665. The molecule has 0 aliphatic carbocycles. The highest BCUT2D eigenvalue weighted by Gasteiger charge is 2.29. The van der Waals surface area contributed by atoms with Crippen LogP contribution in [0.3, 0.4) is 0 Å². The molecule has 18 heavy (non-hydrogen) atoms. The van der Waals surface area contributed by atoms with Crippen LogP contribution in [0.25, 0.3) is 0 Å². The molecule has 2 atom stereocenters. The van der Waals surface area contributed by atoms with Crippen LogP contribution in [0.1, 0.15) is 26.7 Å². The van der Waals surface area contributed by atoms with Gasteiger partial charge in [-0.25, -0.2) is 0 Å². The van der Waals surface area contributed by atoms with E-state index >= 15 is 0 Å². The second-order valence-electron chi connectivity index (χ2n) is 5.51. The molecule has 0 spiro atoms. The fourth-order valence-corrected chi connectivity index (χ4v) is 3.16. The molecule has 2 saturated heterocycles. The summed E-state index contributed by atoms with van der Waals surface area (Å²) < 4.78 is 5.43. The molecule has 2 fully saturated rings. The Hall–Kier alpha value is -0.160. The maximum atomic E-state index is 5.43. The van der Waals surface area contributed by atoms with Gasteiger partial charge in [-0.05, 0) is 25.9 Å². The third-order valence-corrected chi connectivity index (χ3v) is 4.27. The summed E-state index contributed by atoms with van der Waals surface area (Å²) in [5.41, 5.74) is 0. The number of likely N-dealkylation sites (N-methyl/N-ethyl adjacent to an activating group) is 1. The zero-order valence-electron chi connectivity index (χ0n) is 12.0. The largest absolute Gasteiger partial charge is 0.379 e. The van der Waals surface area contributed by atoms with E-state index in [9.17, 15) is 0 Å². The van der Waals surface area contributed by atoms with Gasteiger partial charge < -0.3 is 15.0 Å². The Labute approximate surface area is 112 Å². The van der Waals surface area contributed by atoms with Crippen molar-refractivity contribution in [1.29, 1.82) is 0 Å². The number of likely N-dealkylation sites (tertiary alicyclic amines) is 1. The molecule has 0 radical (unpaired) electrons. The highest BCUT2D eigenvalue weighted by molar-refractivity contribution is 4.86. The van der Waals surface area contributed by atoms with Crippen LogP contribution in [0.15, 0.2) is 0 Å². The highest BCUT2D eigenvalue weighted by Crippen LogP contribution is 2.17. The fraction of sp³-hybridized carbons (Fsp3) is 1.00. The first-order valence-corrected chi connectivity index (χ1v) is 7.61. The number of nitrogens with zero attached hydrogens (tertiary/aromatic N) is 2. The first kappa shape index (κ1) is 14.3. The highest BCUT2D eigenvalue weighted by atomic mass is 16.5. The van der Waals surface area contributed by atoms with Gasteiger partial charge in [0.25, 0.3) is 0 Å². The van der Waals surface area contributed by atoms with Gasteiger partial charge in [0, 0.05) is 38.3 Å². The predicted octanol–water partition coefficient (Wildman–Crippen LogP) is 0.781. The average molecular weight is 255 g/mol. The number of nitrogens with one attached hydrogen (secondary N) is 1. The molecular weight excluding hydrogens is 226 g/mol. The fourth-order valence-electron chi connectivity index (χ4n) is 3.16.